The Kier molecular flexibility index (Phi) is 8.26. The maximum absolute atomic E-state index is 14.5. The van der Waals surface area contributed by atoms with Gasteiger partial charge in [0.2, 0.25) is 0 Å². The van der Waals surface area contributed by atoms with Crippen molar-refractivity contribution in [2.75, 3.05) is 25.1 Å². The van der Waals surface area contributed by atoms with Crippen LogP contribution < -0.4 is 16.6 Å². The minimum Gasteiger partial charge on any atom is -0.461 e. The number of rotatable bonds is 8. The van der Waals surface area contributed by atoms with E-state index in [0.717, 1.165) is 13.1 Å². The second kappa shape index (κ2) is 10.5. The molecular formula is C20H18ClF4N3O6. The van der Waals surface area contributed by atoms with E-state index >= 15 is 0 Å². The highest BCUT2D eigenvalue weighted by atomic mass is 35.5. The number of ether oxygens (including phenoxy) is 2. The standard InChI is InChI=1S/C20H18ClF4N3O6/c1-10(2)18(31)34-5-4-33-17(30)9-26-13-7-14(12(22)6-11(13)21)28-16(29)8-15(20(23,24)25)27(3)19(28)32/h6-8,26H,1,4-5,9H2,2-3H3. The molecule has 0 aliphatic carbocycles. The Hall–Kier alpha value is -3.61. The number of anilines is 1. The maximum atomic E-state index is 14.5. The zero-order valence-corrected chi connectivity index (χ0v) is 18.6. The second-order valence-corrected chi connectivity index (χ2v) is 7.22. The lowest BCUT2D eigenvalue weighted by Crippen LogP contribution is -2.41. The Morgan fingerprint density at radius 1 is 1.15 bits per heavy atom. The molecule has 1 aromatic heterocycles. The predicted octanol–water partition coefficient (Wildman–Crippen LogP) is 2.42. The van der Waals surface area contributed by atoms with Gasteiger partial charge in [-0.25, -0.2) is 18.5 Å². The number of nitrogens with zero attached hydrogens (tertiary/aromatic N) is 2. The van der Waals surface area contributed by atoms with Crippen LogP contribution in [0.25, 0.3) is 5.69 Å². The van der Waals surface area contributed by atoms with Crippen LogP contribution in [-0.4, -0.2) is 40.8 Å². The van der Waals surface area contributed by atoms with Crippen LogP contribution in [0.15, 0.2) is 39.9 Å². The van der Waals surface area contributed by atoms with Gasteiger partial charge in [0, 0.05) is 18.7 Å². The highest BCUT2D eigenvalue weighted by Crippen LogP contribution is 2.28. The normalized spacial score (nSPS) is 11.1. The molecule has 34 heavy (non-hydrogen) atoms. The molecule has 0 bridgehead atoms. The molecule has 184 valence electrons. The summed E-state index contributed by atoms with van der Waals surface area (Å²) in [5.74, 6) is -2.66. The molecule has 0 aliphatic rings. The fraction of sp³-hybridized carbons (Fsp3) is 0.300. The molecule has 0 atom stereocenters. The summed E-state index contributed by atoms with van der Waals surface area (Å²) in [6, 6.07) is 1.75. The summed E-state index contributed by atoms with van der Waals surface area (Å²) < 4.78 is 63.5. The smallest absolute Gasteiger partial charge is 0.431 e. The Labute approximate surface area is 194 Å². The third kappa shape index (κ3) is 6.25. The lowest BCUT2D eigenvalue weighted by Gasteiger charge is -2.16. The van der Waals surface area contributed by atoms with Gasteiger partial charge in [-0.1, -0.05) is 18.2 Å². The van der Waals surface area contributed by atoms with Gasteiger partial charge in [0.05, 0.1) is 16.4 Å². The quantitative estimate of drug-likeness (QED) is 0.253. The van der Waals surface area contributed by atoms with Gasteiger partial charge in [-0.15, -0.1) is 0 Å². The first-order valence-corrected chi connectivity index (χ1v) is 9.73. The van der Waals surface area contributed by atoms with Crippen molar-refractivity contribution in [3.63, 3.8) is 0 Å². The third-order valence-corrected chi connectivity index (χ3v) is 4.55. The number of alkyl halides is 3. The van der Waals surface area contributed by atoms with E-state index in [2.05, 4.69) is 11.9 Å². The summed E-state index contributed by atoms with van der Waals surface area (Å²) in [6.07, 6.45) is -4.99. The van der Waals surface area contributed by atoms with Gasteiger partial charge >= 0.3 is 23.8 Å². The molecule has 9 nitrogen and oxygen atoms in total. The molecule has 2 aromatic rings. The number of aromatic nitrogens is 2. The summed E-state index contributed by atoms with van der Waals surface area (Å²) in [5.41, 5.74) is -5.02. The molecule has 1 N–H and O–H groups in total. The van der Waals surface area contributed by atoms with E-state index in [4.69, 9.17) is 21.1 Å². The van der Waals surface area contributed by atoms with Crippen molar-refractivity contribution < 1.29 is 36.6 Å². The molecule has 0 aliphatic heterocycles. The van der Waals surface area contributed by atoms with Crippen molar-refractivity contribution in [2.24, 2.45) is 7.05 Å². The Morgan fingerprint density at radius 2 is 1.76 bits per heavy atom. The largest absolute Gasteiger partial charge is 0.461 e. The van der Waals surface area contributed by atoms with Crippen molar-refractivity contribution in [3.05, 3.63) is 67.7 Å². The monoisotopic (exact) mass is 507 g/mol. The molecule has 0 saturated heterocycles. The lowest BCUT2D eigenvalue weighted by molar-refractivity contribution is -0.148. The number of halogens is 5. The van der Waals surface area contributed by atoms with E-state index in [-0.39, 0.29) is 44.7 Å². The van der Waals surface area contributed by atoms with Gasteiger partial charge in [-0.2, -0.15) is 13.2 Å². The van der Waals surface area contributed by atoms with E-state index in [0.29, 0.717) is 6.07 Å². The Balaban J connectivity index is 2.22. The van der Waals surface area contributed by atoms with Gasteiger partial charge < -0.3 is 14.8 Å². The number of nitrogens with one attached hydrogen (secondary N) is 1. The Bertz CT molecular complexity index is 1250. The minimum atomic E-state index is -4.99. The van der Waals surface area contributed by atoms with Crippen molar-refractivity contribution in [1.29, 1.82) is 0 Å². The summed E-state index contributed by atoms with van der Waals surface area (Å²) in [4.78, 5) is 47.7. The van der Waals surface area contributed by atoms with Crippen molar-refractivity contribution >= 4 is 29.2 Å². The maximum Gasteiger partial charge on any atom is 0.431 e. The van der Waals surface area contributed by atoms with Crippen LogP contribution in [0, 0.1) is 5.82 Å². The highest BCUT2D eigenvalue weighted by molar-refractivity contribution is 6.33. The molecule has 0 spiro atoms. The van der Waals surface area contributed by atoms with Gasteiger partial charge in [-0.3, -0.25) is 14.2 Å². The molecule has 0 unspecified atom stereocenters. The SMILES string of the molecule is C=C(C)C(=O)OCCOC(=O)CNc1cc(-n2c(=O)cc(C(F)(F)F)n(C)c2=O)c(F)cc1Cl. The van der Waals surface area contributed by atoms with Crippen LogP contribution in [0.3, 0.4) is 0 Å². The molecule has 14 heteroatoms. The number of hydrogen-bond donors (Lipinski definition) is 1. The minimum absolute atomic E-state index is 0.113. The van der Waals surface area contributed by atoms with Crippen LogP contribution in [0.1, 0.15) is 12.6 Å². The van der Waals surface area contributed by atoms with E-state index in [1.54, 1.807) is 0 Å². The van der Waals surface area contributed by atoms with Gasteiger partial charge in [0.25, 0.3) is 5.56 Å². The molecule has 0 saturated carbocycles. The Morgan fingerprint density at radius 3 is 2.35 bits per heavy atom. The first-order valence-electron chi connectivity index (χ1n) is 9.35. The van der Waals surface area contributed by atoms with E-state index in [1.807, 2.05) is 0 Å². The van der Waals surface area contributed by atoms with E-state index in [9.17, 15) is 36.7 Å². The van der Waals surface area contributed by atoms with Crippen molar-refractivity contribution in [1.82, 2.24) is 9.13 Å². The lowest BCUT2D eigenvalue weighted by atomic mass is 10.2. The van der Waals surface area contributed by atoms with Crippen molar-refractivity contribution in [2.45, 2.75) is 13.1 Å². The molecule has 1 aromatic carbocycles. The first kappa shape index (κ1) is 26.6. The summed E-state index contributed by atoms with van der Waals surface area (Å²) in [7, 11) is 0.776. The number of hydrogen-bond acceptors (Lipinski definition) is 7. The molecule has 0 amide bonds. The van der Waals surface area contributed by atoms with E-state index < -0.39 is 53.1 Å². The van der Waals surface area contributed by atoms with Crippen LogP contribution in [0.2, 0.25) is 5.02 Å². The fourth-order valence-electron chi connectivity index (χ4n) is 2.60. The number of carbonyl (C=O) groups is 2. The third-order valence-electron chi connectivity index (χ3n) is 4.24. The van der Waals surface area contributed by atoms with E-state index in [1.165, 1.54) is 6.92 Å². The average molecular weight is 508 g/mol. The zero-order chi connectivity index (χ0) is 25.8. The summed E-state index contributed by atoms with van der Waals surface area (Å²) in [5, 5.41) is 2.26. The summed E-state index contributed by atoms with van der Waals surface area (Å²) in [6.45, 7) is 3.83. The van der Waals surface area contributed by atoms with Gasteiger partial charge in [0.15, 0.2) is 0 Å². The molecular weight excluding hydrogens is 490 g/mol. The van der Waals surface area contributed by atoms with Crippen LogP contribution in [-0.2, 0) is 32.3 Å². The number of carbonyl (C=O) groups excluding carboxylic acids is 2. The summed E-state index contributed by atoms with van der Waals surface area (Å²) >= 11 is 5.92. The second-order valence-electron chi connectivity index (χ2n) is 6.82. The fourth-order valence-corrected chi connectivity index (χ4v) is 2.81. The van der Waals surface area contributed by atoms with Crippen LogP contribution >= 0.6 is 11.6 Å². The van der Waals surface area contributed by atoms with Gasteiger partial charge in [0.1, 0.15) is 31.3 Å². The number of esters is 2. The highest BCUT2D eigenvalue weighted by Gasteiger charge is 2.35. The van der Waals surface area contributed by atoms with Crippen molar-refractivity contribution in [3.8, 4) is 5.69 Å². The molecule has 2 rings (SSSR count). The number of benzene rings is 1. The first-order chi connectivity index (χ1) is 15.7. The molecule has 1 heterocycles. The topological polar surface area (TPSA) is 109 Å². The average Bonchev–Trinajstić information content (AvgIpc) is 2.73. The molecule has 0 radical (unpaired) electrons. The molecule has 0 fully saturated rings. The van der Waals surface area contributed by atoms with Gasteiger partial charge in [-0.05, 0) is 19.1 Å². The zero-order valence-electron chi connectivity index (χ0n) is 17.8. The van der Waals surface area contributed by atoms with Crippen LogP contribution in [0.5, 0.6) is 0 Å². The van der Waals surface area contributed by atoms with Crippen LogP contribution in [0.4, 0.5) is 23.2 Å². The predicted molar refractivity (Wildman–Crippen MR) is 112 cm³/mol.